The molecule has 1 aromatic rings. The Morgan fingerprint density at radius 3 is 2.73 bits per heavy atom. The SMILES string of the molecule is CC1(C)Cc2ccccc2/C(=C\C(=O)NC2CCCCC2)N1. The zero-order valence-electron chi connectivity index (χ0n) is 13.6. The van der Waals surface area contributed by atoms with Gasteiger partial charge in [0, 0.05) is 28.9 Å². The Kier molecular flexibility index (Phi) is 4.23. The number of fused-ring (bicyclic) bond motifs is 1. The van der Waals surface area contributed by atoms with Gasteiger partial charge >= 0.3 is 0 Å². The fourth-order valence-corrected chi connectivity index (χ4v) is 3.62. The molecule has 1 amide bonds. The summed E-state index contributed by atoms with van der Waals surface area (Å²) in [5.41, 5.74) is 3.38. The molecule has 2 aliphatic rings. The van der Waals surface area contributed by atoms with E-state index in [4.69, 9.17) is 0 Å². The van der Waals surface area contributed by atoms with E-state index in [0.717, 1.165) is 30.5 Å². The molecule has 0 atom stereocenters. The van der Waals surface area contributed by atoms with Crippen LogP contribution >= 0.6 is 0 Å². The molecule has 22 heavy (non-hydrogen) atoms. The summed E-state index contributed by atoms with van der Waals surface area (Å²) in [7, 11) is 0. The van der Waals surface area contributed by atoms with Crippen molar-refractivity contribution >= 4 is 11.6 Å². The first-order chi connectivity index (χ1) is 10.5. The normalized spacial score (nSPS) is 22.7. The first-order valence-corrected chi connectivity index (χ1v) is 8.42. The second-order valence-electron chi connectivity index (χ2n) is 7.24. The van der Waals surface area contributed by atoms with Gasteiger partial charge < -0.3 is 10.6 Å². The predicted octanol–water partition coefficient (Wildman–Crippen LogP) is 3.40. The van der Waals surface area contributed by atoms with Crippen LogP contribution in [-0.4, -0.2) is 17.5 Å². The van der Waals surface area contributed by atoms with Gasteiger partial charge in [0.05, 0.1) is 0 Å². The molecule has 1 fully saturated rings. The van der Waals surface area contributed by atoms with E-state index in [1.807, 2.05) is 6.07 Å². The van der Waals surface area contributed by atoms with E-state index in [1.165, 1.54) is 24.8 Å². The van der Waals surface area contributed by atoms with E-state index in [2.05, 4.69) is 42.7 Å². The second kappa shape index (κ2) is 6.15. The molecule has 3 heteroatoms. The molecule has 3 rings (SSSR count). The highest BCUT2D eigenvalue weighted by Crippen LogP contribution is 2.29. The van der Waals surface area contributed by atoms with Crippen molar-refractivity contribution in [1.29, 1.82) is 0 Å². The molecule has 0 bridgehead atoms. The number of rotatable bonds is 2. The molecule has 3 nitrogen and oxygen atoms in total. The van der Waals surface area contributed by atoms with Crippen LogP contribution in [0.5, 0.6) is 0 Å². The number of amides is 1. The number of carbonyl (C=O) groups excluding carboxylic acids is 1. The van der Waals surface area contributed by atoms with Crippen molar-refractivity contribution in [2.45, 2.75) is 64.0 Å². The minimum absolute atomic E-state index is 0.0225. The van der Waals surface area contributed by atoms with Gasteiger partial charge in [-0.05, 0) is 38.7 Å². The summed E-state index contributed by atoms with van der Waals surface area (Å²) in [4.78, 5) is 12.4. The zero-order chi connectivity index (χ0) is 15.6. The van der Waals surface area contributed by atoms with Crippen LogP contribution in [0.25, 0.3) is 5.70 Å². The minimum atomic E-state index is -0.0225. The van der Waals surface area contributed by atoms with Crippen molar-refractivity contribution in [2.75, 3.05) is 0 Å². The van der Waals surface area contributed by atoms with Gasteiger partial charge in [-0.1, -0.05) is 43.5 Å². The van der Waals surface area contributed by atoms with Gasteiger partial charge in [0.1, 0.15) is 0 Å². The van der Waals surface area contributed by atoms with Crippen LogP contribution in [0, 0.1) is 0 Å². The van der Waals surface area contributed by atoms with Gasteiger partial charge in [0.15, 0.2) is 0 Å². The predicted molar refractivity (Wildman–Crippen MR) is 90.4 cm³/mol. The standard InChI is InChI=1S/C19H26N2O/c1-19(2)13-14-8-6-7-11-16(14)17(21-19)12-18(22)20-15-9-4-3-5-10-15/h6-8,11-12,15,21H,3-5,9-10,13H2,1-2H3,(H,20,22)/b17-12+. The molecule has 0 radical (unpaired) electrons. The number of hydrogen-bond acceptors (Lipinski definition) is 2. The minimum Gasteiger partial charge on any atom is -0.379 e. The molecule has 0 saturated heterocycles. The summed E-state index contributed by atoms with van der Waals surface area (Å²) in [5, 5.41) is 6.69. The molecule has 1 heterocycles. The summed E-state index contributed by atoms with van der Waals surface area (Å²) in [6, 6.07) is 8.71. The largest absolute Gasteiger partial charge is 0.379 e. The van der Waals surface area contributed by atoms with Gasteiger partial charge in [-0.15, -0.1) is 0 Å². The van der Waals surface area contributed by atoms with Crippen LogP contribution in [0.3, 0.4) is 0 Å². The van der Waals surface area contributed by atoms with E-state index >= 15 is 0 Å². The van der Waals surface area contributed by atoms with E-state index in [0.29, 0.717) is 6.04 Å². The average Bonchev–Trinajstić information content (AvgIpc) is 2.47. The third-order valence-electron chi connectivity index (χ3n) is 4.64. The molecule has 1 saturated carbocycles. The van der Waals surface area contributed by atoms with Gasteiger partial charge in [-0.25, -0.2) is 0 Å². The maximum absolute atomic E-state index is 12.4. The maximum Gasteiger partial charge on any atom is 0.246 e. The lowest BCUT2D eigenvalue weighted by Crippen LogP contribution is -2.44. The van der Waals surface area contributed by atoms with Crippen LogP contribution in [0.15, 0.2) is 30.3 Å². The molecular formula is C19H26N2O. The Morgan fingerprint density at radius 2 is 1.95 bits per heavy atom. The number of hydrogen-bond donors (Lipinski definition) is 2. The Hall–Kier alpha value is -1.77. The summed E-state index contributed by atoms with van der Waals surface area (Å²) >= 11 is 0. The molecule has 2 N–H and O–H groups in total. The second-order valence-corrected chi connectivity index (χ2v) is 7.24. The lowest BCUT2D eigenvalue weighted by atomic mass is 9.86. The number of nitrogens with one attached hydrogen (secondary N) is 2. The van der Waals surface area contributed by atoms with Crippen LogP contribution in [0.4, 0.5) is 0 Å². The highest BCUT2D eigenvalue weighted by molar-refractivity contribution is 5.95. The van der Waals surface area contributed by atoms with Crippen LogP contribution in [0.2, 0.25) is 0 Å². The van der Waals surface area contributed by atoms with Crippen molar-refractivity contribution in [3.63, 3.8) is 0 Å². The fourth-order valence-electron chi connectivity index (χ4n) is 3.62. The summed E-state index contributed by atoms with van der Waals surface area (Å²) < 4.78 is 0. The number of benzene rings is 1. The van der Waals surface area contributed by atoms with Crippen molar-refractivity contribution in [2.24, 2.45) is 0 Å². The lowest BCUT2D eigenvalue weighted by molar-refractivity contribution is -0.117. The van der Waals surface area contributed by atoms with Crippen molar-refractivity contribution < 1.29 is 4.79 Å². The Bertz CT molecular complexity index is 583. The highest BCUT2D eigenvalue weighted by Gasteiger charge is 2.27. The third kappa shape index (κ3) is 3.52. The van der Waals surface area contributed by atoms with Crippen molar-refractivity contribution in [1.82, 2.24) is 10.6 Å². The van der Waals surface area contributed by atoms with E-state index in [-0.39, 0.29) is 11.4 Å². The average molecular weight is 298 g/mol. The van der Waals surface area contributed by atoms with Crippen LogP contribution in [-0.2, 0) is 11.2 Å². The topological polar surface area (TPSA) is 41.1 Å². The fraction of sp³-hybridized carbons (Fsp3) is 0.526. The van der Waals surface area contributed by atoms with Crippen molar-refractivity contribution in [3.05, 3.63) is 41.5 Å². The molecule has 0 spiro atoms. The monoisotopic (exact) mass is 298 g/mol. The molecule has 1 aliphatic heterocycles. The highest BCUT2D eigenvalue weighted by atomic mass is 16.1. The molecule has 1 aliphatic carbocycles. The first-order valence-electron chi connectivity index (χ1n) is 8.42. The quantitative estimate of drug-likeness (QED) is 0.822. The van der Waals surface area contributed by atoms with Gasteiger partial charge in [-0.3, -0.25) is 4.79 Å². The third-order valence-corrected chi connectivity index (χ3v) is 4.64. The van der Waals surface area contributed by atoms with E-state index in [9.17, 15) is 4.79 Å². The summed E-state index contributed by atoms with van der Waals surface area (Å²) in [6.07, 6.45) is 8.72. The number of carbonyl (C=O) groups is 1. The molecular weight excluding hydrogens is 272 g/mol. The lowest BCUT2D eigenvalue weighted by Gasteiger charge is -2.35. The maximum atomic E-state index is 12.4. The van der Waals surface area contributed by atoms with Crippen LogP contribution < -0.4 is 10.6 Å². The van der Waals surface area contributed by atoms with E-state index < -0.39 is 0 Å². The van der Waals surface area contributed by atoms with Gasteiger partial charge in [0.2, 0.25) is 5.91 Å². The summed E-state index contributed by atoms with van der Waals surface area (Å²) in [5.74, 6) is 0.0295. The van der Waals surface area contributed by atoms with Crippen molar-refractivity contribution in [3.8, 4) is 0 Å². The Balaban J connectivity index is 1.78. The Morgan fingerprint density at radius 1 is 1.23 bits per heavy atom. The van der Waals surface area contributed by atoms with Gasteiger partial charge in [0.25, 0.3) is 0 Å². The first kappa shape index (κ1) is 15.1. The molecule has 0 unspecified atom stereocenters. The van der Waals surface area contributed by atoms with Crippen LogP contribution in [0.1, 0.15) is 57.1 Å². The molecule has 1 aromatic carbocycles. The molecule has 118 valence electrons. The van der Waals surface area contributed by atoms with Gasteiger partial charge in [-0.2, -0.15) is 0 Å². The van der Waals surface area contributed by atoms with E-state index in [1.54, 1.807) is 6.08 Å². The summed E-state index contributed by atoms with van der Waals surface area (Å²) in [6.45, 7) is 4.35. The molecule has 0 aromatic heterocycles. The zero-order valence-corrected chi connectivity index (χ0v) is 13.6. The smallest absolute Gasteiger partial charge is 0.246 e. The Labute approximate surface area is 133 Å².